The van der Waals surface area contributed by atoms with Gasteiger partial charge in [-0.15, -0.1) is 0 Å². The second-order valence-corrected chi connectivity index (χ2v) is 4.31. The Morgan fingerprint density at radius 2 is 2.00 bits per heavy atom. The van der Waals surface area contributed by atoms with Gasteiger partial charge in [0, 0.05) is 19.6 Å². The summed E-state index contributed by atoms with van der Waals surface area (Å²) in [6.07, 6.45) is 2.41. The molecule has 0 aliphatic heterocycles. The van der Waals surface area contributed by atoms with Crippen molar-refractivity contribution in [2.45, 2.75) is 33.1 Å². The first-order chi connectivity index (χ1) is 7.10. The first-order valence-electron chi connectivity index (χ1n) is 5.67. The van der Waals surface area contributed by atoms with Crippen LogP contribution in [0.25, 0.3) is 0 Å². The molecule has 0 spiro atoms. The third-order valence-corrected chi connectivity index (χ3v) is 2.48. The summed E-state index contributed by atoms with van der Waals surface area (Å²) in [5, 5.41) is 11.6. The van der Waals surface area contributed by atoms with Crippen molar-refractivity contribution in [3.8, 4) is 0 Å². The molecule has 0 bridgehead atoms. The molecule has 2 unspecified atom stereocenters. The number of carbonyl (C=O) groups excluding carboxylic acids is 1. The summed E-state index contributed by atoms with van der Waals surface area (Å²) in [5.74, 6) is 0.714. The molecule has 0 aromatic rings. The molecule has 4 N–H and O–H groups in total. The maximum atomic E-state index is 11.3. The number of rotatable bonds is 8. The van der Waals surface area contributed by atoms with Gasteiger partial charge in [0.25, 0.3) is 0 Å². The van der Waals surface area contributed by atoms with Gasteiger partial charge < -0.3 is 16.2 Å². The van der Waals surface area contributed by atoms with Crippen LogP contribution in [-0.2, 0) is 4.79 Å². The van der Waals surface area contributed by atoms with Crippen molar-refractivity contribution in [2.75, 3.05) is 19.7 Å². The summed E-state index contributed by atoms with van der Waals surface area (Å²) < 4.78 is 0. The van der Waals surface area contributed by atoms with Crippen LogP contribution in [0.4, 0.5) is 0 Å². The normalized spacial score (nSPS) is 14.7. The molecule has 0 aliphatic rings. The van der Waals surface area contributed by atoms with Crippen LogP contribution in [-0.4, -0.2) is 30.7 Å². The fourth-order valence-corrected chi connectivity index (χ4v) is 1.25. The van der Waals surface area contributed by atoms with Crippen molar-refractivity contribution in [3.05, 3.63) is 0 Å². The van der Waals surface area contributed by atoms with Crippen LogP contribution >= 0.6 is 0 Å². The lowest BCUT2D eigenvalue weighted by atomic mass is 10.0. The van der Waals surface area contributed by atoms with Crippen molar-refractivity contribution >= 4 is 5.91 Å². The van der Waals surface area contributed by atoms with E-state index in [9.17, 15) is 4.79 Å². The summed E-state index contributed by atoms with van der Waals surface area (Å²) in [6.45, 7) is 5.36. The number of hydrogen-bond acceptors (Lipinski definition) is 3. The second-order valence-electron chi connectivity index (χ2n) is 4.31. The van der Waals surface area contributed by atoms with Gasteiger partial charge in [0.05, 0.1) is 0 Å². The van der Waals surface area contributed by atoms with Crippen LogP contribution in [0.5, 0.6) is 0 Å². The second kappa shape index (κ2) is 8.68. The van der Waals surface area contributed by atoms with Crippen LogP contribution in [0.1, 0.15) is 33.1 Å². The zero-order valence-electron chi connectivity index (χ0n) is 9.83. The van der Waals surface area contributed by atoms with Crippen molar-refractivity contribution < 1.29 is 9.90 Å². The molecule has 0 fully saturated rings. The number of nitrogens with two attached hydrogens (primary N) is 1. The minimum absolute atomic E-state index is 0.0687. The molecule has 0 aromatic heterocycles. The Morgan fingerprint density at radius 3 is 2.53 bits per heavy atom. The van der Waals surface area contributed by atoms with Crippen molar-refractivity contribution in [1.29, 1.82) is 0 Å². The molecule has 90 valence electrons. The average molecular weight is 216 g/mol. The van der Waals surface area contributed by atoms with Crippen LogP contribution in [0.2, 0.25) is 0 Å². The SMILES string of the molecule is CC(CCN)CCC(=O)NCC(C)CO. The van der Waals surface area contributed by atoms with Gasteiger partial charge in [-0.05, 0) is 31.2 Å². The Hall–Kier alpha value is -0.610. The molecule has 1 amide bonds. The Labute approximate surface area is 92.2 Å². The van der Waals surface area contributed by atoms with Gasteiger partial charge in [0.15, 0.2) is 0 Å². The van der Waals surface area contributed by atoms with Gasteiger partial charge >= 0.3 is 0 Å². The molecular weight excluding hydrogens is 192 g/mol. The van der Waals surface area contributed by atoms with E-state index >= 15 is 0 Å². The highest BCUT2D eigenvalue weighted by molar-refractivity contribution is 5.75. The summed E-state index contributed by atoms with van der Waals surface area (Å²) in [5.41, 5.74) is 5.42. The Bertz CT molecular complexity index is 174. The molecule has 0 heterocycles. The number of aliphatic hydroxyl groups excluding tert-OH is 1. The molecule has 4 nitrogen and oxygen atoms in total. The molecule has 2 atom stereocenters. The molecule has 0 saturated heterocycles. The Kier molecular flexibility index (Phi) is 8.33. The van der Waals surface area contributed by atoms with Gasteiger partial charge in [-0.2, -0.15) is 0 Å². The van der Waals surface area contributed by atoms with Crippen LogP contribution in [0.3, 0.4) is 0 Å². The van der Waals surface area contributed by atoms with E-state index in [2.05, 4.69) is 12.2 Å². The van der Waals surface area contributed by atoms with E-state index in [1.54, 1.807) is 0 Å². The molecule has 0 radical (unpaired) electrons. The van der Waals surface area contributed by atoms with E-state index in [0.717, 1.165) is 12.8 Å². The predicted octanol–water partition coefficient (Wildman–Crippen LogP) is 0.496. The van der Waals surface area contributed by atoms with E-state index < -0.39 is 0 Å². The fourth-order valence-electron chi connectivity index (χ4n) is 1.25. The highest BCUT2D eigenvalue weighted by Crippen LogP contribution is 2.08. The fraction of sp³-hybridized carbons (Fsp3) is 0.909. The quantitative estimate of drug-likeness (QED) is 0.553. The first-order valence-corrected chi connectivity index (χ1v) is 5.67. The van der Waals surface area contributed by atoms with Gasteiger partial charge in [-0.25, -0.2) is 0 Å². The number of hydrogen-bond donors (Lipinski definition) is 3. The van der Waals surface area contributed by atoms with Crippen LogP contribution < -0.4 is 11.1 Å². The first kappa shape index (κ1) is 14.4. The largest absolute Gasteiger partial charge is 0.396 e. The van der Waals surface area contributed by atoms with Crippen LogP contribution in [0.15, 0.2) is 0 Å². The maximum Gasteiger partial charge on any atom is 0.220 e. The average Bonchev–Trinajstić information content (AvgIpc) is 2.23. The van der Waals surface area contributed by atoms with Gasteiger partial charge in [0.2, 0.25) is 5.91 Å². The Balaban J connectivity index is 3.48. The van der Waals surface area contributed by atoms with E-state index in [1.165, 1.54) is 0 Å². The zero-order chi connectivity index (χ0) is 11.7. The Morgan fingerprint density at radius 1 is 1.33 bits per heavy atom. The number of aliphatic hydroxyl groups is 1. The van der Waals surface area contributed by atoms with Crippen LogP contribution in [0, 0.1) is 11.8 Å². The maximum absolute atomic E-state index is 11.3. The molecule has 0 rings (SSSR count). The lowest BCUT2D eigenvalue weighted by Gasteiger charge is -2.11. The summed E-state index contributed by atoms with van der Waals surface area (Å²) in [7, 11) is 0. The standard InChI is InChI=1S/C11H24N2O2/c1-9(5-6-12)3-4-11(15)13-7-10(2)8-14/h9-10,14H,3-8,12H2,1-2H3,(H,13,15). The van der Waals surface area contributed by atoms with E-state index in [-0.39, 0.29) is 18.4 Å². The van der Waals surface area contributed by atoms with E-state index in [0.29, 0.717) is 25.4 Å². The minimum atomic E-state index is 0.0687. The lowest BCUT2D eigenvalue weighted by molar-refractivity contribution is -0.121. The zero-order valence-corrected chi connectivity index (χ0v) is 9.83. The summed E-state index contributed by atoms with van der Waals surface area (Å²) in [4.78, 5) is 11.3. The minimum Gasteiger partial charge on any atom is -0.396 e. The highest BCUT2D eigenvalue weighted by atomic mass is 16.3. The van der Waals surface area contributed by atoms with Gasteiger partial charge in [-0.3, -0.25) is 4.79 Å². The molecular formula is C11H24N2O2. The van der Waals surface area contributed by atoms with E-state index in [1.807, 2.05) is 6.92 Å². The highest BCUT2D eigenvalue weighted by Gasteiger charge is 2.07. The van der Waals surface area contributed by atoms with Crippen molar-refractivity contribution in [3.63, 3.8) is 0 Å². The summed E-state index contributed by atoms with van der Waals surface area (Å²) >= 11 is 0. The lowest BCUT2D eigenvalue weighted by Crippen LogP contribution is -2.29. The van der Waals surface area contributed by atoms with Crippen molar-refractivity contribution in [2.24, 2.45) is 17.6 Å². The number of amides is 1. The molecule has 0 saturated carbocycles. The number of carbonyl (C=O) groups is 1. The van der Waals surface area contributed by atoms with E-state index in [4.69, 9.17) is 10.8 Å². The smallest absolute Gasteiger partial charge is 0.220 e. The molecule has 15 heavy (non-hydrogen) atoms. The third kappa shape index (κ3) is 8.39. The third-order valence-electron chi connectivity index (χ3n) is 2.48. The topological polar surface area (TPSA) is 75.4 Å². The molecule has 4 heteroatoms. The summed E-state index contributed by atoms with van der Waals surface area (Å²) in [6, 6.07) is 0. The monoisotopic (exact) mass is 216 g/mol. The van der Waals surface area contributed by atoms with Gasteiger partial charge in [0.1, 0.15) is 0 Å². The van der Waals surface area contributed by atoms with Gasteiger partial charge in [-0.1, -0.05) is 13.8 Å². The predicted molar refractivity (Wildman–Crippen MR) is 61.3 cm³/mol. The molecule has 0 aliphatic carbocycles. The molecule has 0 aromatic carbocycles. The number of nitrogens with one attached hydrogen (secondary N) is 1. The van der Waals surface area contributed by atoms with Crippen molar-refractivity contribution in [1.82, 2.24) is 5.32 Å².